The Balaban J connectivity index is 1.99. The van der Waals surface area contributed by atoms with E-state index in [1.54, 1.807) is 0 Å². The quantitative estimate of drug-likeness (QED) is 0.534. The maximum atomic E-state index is 6.37. The number of nitrogens with zero attached hydrogens (tertiary/aromatic N) is 1. The average Bonchev–Trinajstić information content (AvgIpc) is 3.30. The van der Waals surface area contributed by atoms with Crippen LogP contribution in [-0.4, -0.2) is 4.57 Å². The molecule has 4 rings (SSSR count). The minimum absolute atomic E-state index is 0.409. The molecule has 0 aliphatic carbocycles. The van der Waals surface area contributed by atoms with Crippen molar-refractivity contribution in [3.05, 3.63) is 89.7 Å². The molecule has 0 saturated carbocycles. The standard InChI is InChI=1S/C23H22N2O/c1-16-5-9-18(10-6-16)21-20(15-24)23(25-13-3-4-14-25)26-22(21)19-11-7-17(2)8-12-19/h3-14H,15,24H2,1-2H3. The van der Waals surface area contributed by atoms with Gasteiger partial charge in [0.25, 0.3) is 0 Å². The van der Waals surface area contributed by atoms with Gasteiger partial charge in [-0.25, -0.2) is 0 Å². The van der Waals surface area contributed by atoms with Crippen molar-refractivity contribution in [2.24, 2.45) is 5.73 Å². The van der Waals surface area contributed by atoms with Crippen molar-refractivity contribution in [2.45, 2.75) is 20.4 Å². The van der Waals surface area contributed by atoms with Gasteiger partial charge in [0, 0.05) is 35.6 Å². The maximum absolute atomic E-state index is 6.37. The minimum atomic E-state index is 0.409. The molecule has 0 spiro atoms. The molecule has 0 amide bonds. The second-order valence-corrected chi connectivity index (χ2v) is 6.62. The third-order valence-electron chi connectivity index (χ3n) is 4.68. The highest BCUT2D eigenvalue weighted by atomic mass is 16.4. The first-order chi connectivity index (χ1) is 12.7. The van der Waals surface area contributed by atoms with E-state index in [4.69, 9.17) is 10.2 Å². The molecule has 3 heteroatoms. The fourth-order valence-electron chi connectivity index (χ4n) is 3.25. The molecule has 0 fully saturated rings. The van der Waals surface area contributed by atoms with Crippen molar-refractivity contribution in [2.75, 3.05) is 0 Å². The van der Waals surface area contributed by atoms with Crippen LogP contribution in [0.1, 0.15) is 16.7 Å². The zero-order chi connectivity index (χ0) is 18.1. The van der Waals surface area contributed by atoms with Gasteiger partial charge in [-0.2, -0.15) is 0 Å². The lowest BCUT2D eigenvalue weighted by atomic mass is 9.96. The first kappa shape index (κ1) is 16.4. The zero-order valence-corrected chi connectivity index (χ0v) is 15.1. The molecule has 4 aromatic rings. The van der Waals surface area contributed by atoms with Crippen LogP contribution in [0.25, 0.3) is 28.3 Å². The summed E-state index contributed by atoms with van der Waals surface area (Å²) in [5.74, 6) is 1.64. The van der Waals surface area contributed by atoms with E-state index in [0.717, 1.165) is 33.9 Å². The Morgan fingerprint density at radius 3 is 1.88 bits per heavy atom. The molecule has 0 radical (unpaired) electrons. The van der Waals surface area contributed by atoms with Crippen molar-refractivity contribution >= 4 is 0 Å². The third kappa shape index (κ3) is 2.87. The number of aryl methyl sites for hydroxylation is 2. The van der Waals surface area contributed by atoms with Crippen molar-refractivity contribution in [3.63, 3.8) is 0 Å². The smallest absolute Gasteiger partial charge is 0.209 e. The number of hydrogen-bond acceptors (Lipinski definition) is 2. The largest absolute Gasteiger partial charge is 0.439 e. The van der Waals surface area contributed by atoms with E-state index >= 15 is 0 Å². The molecule has 2 aromatic carbocycles. The molecule has 0 bridgehead atoms. The normalized spacial score (nSPS) is 11.0. The van der Waals surface area contributed by atoms with E-state index in [-0.39, 0.29) is 0 Å². The SMILES string of the molecule is Cc1ccc(-c2oc(-n3cccc3)c(CN)c2-c2ccc(C)cc2)cc1. The minimum Gasteiger partial charge on any atom is -0.439 e. The average molecular weight is 342 g/mol. The summed E-state index contributed by atoms with van der Waals surface area (Å²) >= 11 is 0. The van der Waals surface area contributed by atoms with Crippen LogP contribution in [0.5, 0.6) is 0 Å². The van der Waals surface area contributed by atoms with E-state index in [0.29, 0.717) is 6.54 Å². The summed E-state index contributed by atoms with van der Waals surface area (Å²) in [6.45, 7) is 4.59. The van der Waals surface area contributed by atoms with Crippen LogP contribution in [0.15, 0.2) is 77.5 Å². The van der Waals surface area contributed by atoms with Crippen LogP contribution in [0.3, 0.4) is 0 Å². The second-order valence-electron chi connectivity index (χ2n) is 6.62. The molecule has 2 N–H and O–H groups in total. The van der Waals surface area contributed by atoms with E-state index < -0.39 is 0 Å². The van der Waals surface area contributed by atoms with E-state index in [1.807, 2.05) is 29.1 Å². The van der Waals surface area contributed by atoms with Gasteiger partial charge in [-0.3, -0.25) is 4.57 Å². The molecular formula is C23H22N2O. The molecule has 0 aliphatic heterocycles. The van der Waals surface area contributed by atoms with E-state index in [2.05, 4.69) is 62.4 Å². The van der Waals surface area contributed by atoms with Crippen LogP contribution in [0, 0.1) is 13.8 Å². The van der Waals surface area contributed by atoms with Crippen LogP contribution in [0.4, 0.5) is 0 Å². The maximum Gasteiger partial charge on any atom is 0.209 e. The fraction of sp³-hybridized carbons (Fsp3) is 0.130. The first-order valence-corrected chi connectivity index (χ1v) is 8.80. The van der Waals surface area contributed by atoms with Crippen LogP contribution < -0.4 is 5.73 Å². The Labute approximate surface area is 153 Å². The molecule has 130 valence electrons. The Morgan fingerprint density at radius 1 is 0.808 bits per heavy atom. The highest BCUT2D eigenvalue weighted by Crippen LogP contribution is 2.40. The van der Waals surface area contributed by atoms with Crippen molar-refractivity contribution in [1.29, 1.82) is 0 Å². The molecule has 2 heterocycles. The monoisotopic (exact) mass is 342 g/mol. The summed E-state index contributed by atoms with van der Waals surface area (Å²) in [5.41, 5.74) is 12.9. The molecule has 2 aromatic heterocycles. The van der Waals surface area contributed by atoms with Crippen molar-refractivity contribution < 1.29 is 4.42 Å². The lowest BCUT2D eigenvalue weighted by Crippen LogP contribution is -2.02. The number of hydrogen-bond donors (Lipinski definition) is 1. The van der Waals surface area contributed by atoms with E-state index in [9.17, 15) is 0 Å². The molecule has 3 nitrogen and oxygen atoms in total. The Kier molecular flexibility index (Phi) is 4.23. The number of nitrogens with two attached hydrogens (primary N) is 1. The molecule has 0 unspecified atom stereocenters. The predicted octanol–water partition coefficient (Wildman–Crippen LogP) is 5.48. The Hall–Kier alpha value is -3.04. The highest BCUT2D eigenvalue weighted by molar-refractivity contribution is 5.84. The number of aromatic nitrogens is 1. The van der Waals surface area contributed by atoms with E-state index in [1.165, 1.54) is 11.1 Å². The van der Waals surface area contributed by atoms with Gasteiger partial charge >= 0.3 is 0 Å². The van der Waals surface area contributed by atoms with Gasteiger partial charge in [0.05, 0.1) is 0 Å². The van der Waals surface area contributed by atoms with Crippen molar-refractivity contribution in [3.8, 4) is 28.3 Å². The fourth-order valence-corrected chi connectivity index (χ4v) is 3.25. The summed E-state index contributed by atoms with van der Waals surface area (Å²) < 4.78 is 8.36. The number of rotatable bonds is 4. The van der Waals surface area contributed by atoms with Gasteiger partial charge in [-0.1, -0.05) is 59.7 Å². The first-order valence-electron chi connectivity index (χ1n) is 8.80. The van der Waals surface area contributed by atoms with Gasteiger partial charge in [0.2, 0.25) is 5.88 Å². The number of benzene rings is 2. The Morgan fingerprint density at radius 2 is 1.35 bits per heavy atom. The zero-order valence-electron chi connectivity index (χ0n) is 15.1. The summed E-state index contributed by atoms with van der Waals surface area (Å²) in [6.07, 6.45) is 3.96. The van der Waals surface area contributed by atoms with Gasteiger partial charge in [0.15, 0.2) is 0 Å². The molecule has 26 heavy (non-hydrogen) atoms. The third-order valence-corrected chi connectivity index (χ3v) is 4.68. The van der Waals surface area contributed by atoms with Gasteiger partial charge in [0.1, 0.15) is 5.76 Å². The molecule has 0 saturated heterocycles. The summed E-state index contributed by atoms with van der Waals surface area (Å²) in [4.78, 5) is 0. The topological polar surface area (TPSA) is 44.1 Å². The molecule has 0 aliphatic rings. The lowest BCUT2D eigenvalue weighted by molar-refractivity contribution is 0.548. The van der Waals surface area contributed by atoms with Crippen molar-refractivity contribution in [1.82, 2.24) is 4.57 Å². The van der Waals surface area contributed by atoms with Crippen LogP contribution in [0.2, 0.25) is 0 Å². The summed E-state index contributed by atoms with van der Waals surface area (Å²) in [6, 6.07) is 20.9. The molecular weight excluding hydrogens is 320 g/mol. The van der Waals surface area contributed by atoms with Gasteiger partial charge in [-0.05, 0) is 31.5 Å². The lowest BCUT2D eigenvalue weighted by Gasteiger charge is -2.07. The van der Waals surface area contributed by atoms with Crippen LogP contribution >= 0.6 is 0 Å². The highest BCUT2D eigenvalue weighted by Gasteiger charge is 2.22. The Bertz CT molecular complexity index is 1010. The van der Waals surface area contributed by atoms with Gasteiger partial charge < -0.3 is 10.2 Å². The number of furan rings is 1. The van der Waals surface area contributed by atoms with Crippen LogP contribution in [-0.2, 0) is 6.54 Å². The van der Waals surface area contributed by atoms with Gasteiger partial charge in [-0.15, -0.1) is 0 Å². The second kappa shape index (κ2) is 6.70. The summed E-state index contributed by atoms with van der Waals surface area (Å²) in [5, 5.41) is 0. The molecule has 0 atom stereocenters. The predicted molar refractivity (Wildman–Crippen MR) is 106 cm³/mol. The summed E-state index contributed by atoms with van der Waals surface area (Å²) in [7, 11) is 0.